The van der Waals surface area contributed by atoms with Crippen LogP contribution in [0.25, 0.3) is 0 Å². The lowest BCUT2D eigenvalue weighted by atomic mass is 10.3. The van der Waals surface area contributed by atoms with E-state index in [1.54, 1.807) is 0 Å². The summed E-state index contributed by atoms with van der Waals surface area (Å²) in [6.45, 7) is 0. The van der Waals surface area contributed by atoms with Gasteiger partial charge in [0.2, 0.25) is 0 Å². The van der Waals surface area contributed by atoms with E-state index in [1.807, 2.05) is 0 Å². The predicted molar refractivity (Wildman–Crippen MR) is 55.6 cm³/mol. The normalized spacial score (nSPS) is 11.6. The van der Waals surface area contributed by atoms with Gasteiger partial charge in [0.1, 0.15) is 3.57 Å². The molecule has 0 saturated carbocycles. The molecule has 0 unspecified atom stereocenters. The summed E-state index contributed by atoms with van der Waals surface area (Å²) in [5.74, 6) is -4.34. The van der Waals surface area contributed by atoms with E-state index in [-0.39, 0.29) is 3.57 Å². The lowest BCUT2D eigenvalue weighted by Gasteiger charge is -2.09. The molecule has 0 aromatic heterocycles. The Labute approximate surface area is 97.5 Å². The maximum atomic E-state index is 10.7. The predicted octanol–water partition coefficient (Wildman–Crippen LogP) is 0.360. The highest BCUT2D eigenvalue weighted by atomic mass is 127. The van der Waals surface area contributed by atoms with Crippen molar-refractivity contribution >= 4 is 32.7 Å². The van der Waals surface area contributed by atoms with Crippen LogP contribution in [-0.4, -0.2) is 33.4 Å². The average molecular weight is 348 g/mol. The van der Waals surface area contributed by atoms with Gasteiger partial charge in [-0.3, -0.25) is 4.55 Å². The lowest BCUT2D eigenvalue weighted by Crippen LogP contribution is -2.00. The van der Waals surface area contributed by atoms with Crippen molar-refractivity contribution in [2.45, 2.75) is 4.90 Å². The molecule has 9 heteroatoms. The van der Waals surface area contributed by atoms with E-state index in [0.717, 1.165) is 0 Å². The Balaban J connectivity index is 3.84. The van der Waals surface area contributed by atoms with Crippen LogP contribution in [0.1, 0.15) is 0 Å². The van der Waals surface area contributed by atoms with Gasteiger partial charge in [-0.1, -0.05) is 0 Å². The number of rotatable bonds is 1. The highest BCUT2D eigenvalue weighted by Gasteiger charge is 2.29. The molecular weight excluding hydrogens is 343 g/mol. The molecule has 7 nitrogen and oxygen atoms in total. The van der Waals surface area contributed by atoms with Crippen LogP contribution in [0.3, 0.4) is 0 Å². The second-order valence-electron chi connectivity index (χ2n) is 2.51. The molecule has 0 bridgehead atoms. The highest BCUT2D eigenvalue weighted by molar-refractivity contribution is 14.1. The van der Waals surface area contributed by atoms with Crippen molar-refractivity contribution in [3.63, 3.8) is 0 Å². The molecule has 1 rings (SSSR count). The van der Waals surface area contributed by atoms with Gasteiger partial charge in [0.05, 0.1) is 0 Å². The molecule has 0 aliphatic carbocycles. The maximum absolute atomic E-state index is 10.7. The van der Waals surface area contributed by atoms with Crippen LogP contribution >= 0.6 is 22.6 Å². The molecule has 0 amide bonds. The molecule has 0 saturated heterocycles. The standard InChI is InChI=1S/C6H5IO7S/c7-1-2(8)4(10)6(15(12,13)14)5(11)3(1)9/h8-11H,(H,12,13,14). The third kappa shape index (κ3) is 1.89. The monoisotopic (exact) mass is 348 g/mol. The summed E-state index contributed by atoms with van der Waals surface area (Å²) in [5.41, 5.74) is 0. The Hall–Kier alpha value is -0.940. The van der Waals surface area contributed by atoms with Gasteiger partial charge in [-0.25, -0.2) is 0 Å². The summed E-state index contributed by atoms with van der Waals surface area (Å²) >= 11 is 1.37. The van der Waals surface area contributed by atoms with Crippen molar-refractivity contribution in [1.29, 1.82) is 0 Å². The largest absolute Gasteiger partial charge is 0.503 e. The number of hydrogen-bond acceptors (Lipinski definition) is 6. The van der Waals surface area contributed by atoms with E-state index >= 15 is 0 Å². The van der Waals surface area contributed by atoms with Crippen LogP contribution in [-0.2, 0) is 10.1 Å². The summed E-state index contributed by atoms with van der Waals surface area (Å²) in [6.07, 6.45) is 0. The Bertz CT molecular complexity index is 492. The van der Waals surface area contributed by atoms with Gasteiger partial charge in [0.25, 0.3) is 0 Å². The number of hydrogen-bond donors (Lipinski definition) is 5. The van der Waals surface area contributed by atoms with Crippen molar-refractivity contribution in [2.75, 3.05) is 0 Å². The molecule has 15 heavy (non-hydrogen) atoms. The van der Waals surface area contributed by atoms with Crippen molar-refractivity contribution in [3.8, 4) is 23.0 Å². The zero-order chi connectivity index (χ0) is 12.0. The van der Waals surface area contributed by atoms with Gasteiger partial charge in [-0.2, -0.15) is 8.42 Å². The molecule has 0 heterocycles. The van der Waals surface area contributed by atoms with E-state index in [1.165, 1.54) is 22.6 Å². The lowest BCUT2D eigenvalue weighted by molar-refractivity contribution is 0.347. The fraction of sp³-hybridized carbons (Fsp3) is 0. The maximum Gasteiger partial charge on any atom is 0.302 e. The number of benzene rings is 1. The first kappa shape index (κ1) is 12.1. The first-order valence-electron chi connectivity index (χ1n) is 3.30. The molecule has 1 aromatic carbocycles. The van der Waals surface area contributed by atoms with E-state index in [2.05, 4.69) is 0 Å². The first-order chi connectivity index (χ1) is 6.68. The average Bonchev–Trinajstić information content (AvgIpc) is 2.09. The molecular formula is C6H5IO7S. The van der Waals surface area contributed by atoms with Crippen molar-refractivity contribution in [1.82, 2.24) is 0 Å². The minimum Gasteiger partial charge on any atom is -0.503 e. The molecule has 0 atom stereocenters. The van der Waals surface area contributed by atoms with Gasteiger partial charge >= 0.3 is 10.1 Å². The van der Waals surface area contributed by atoms with Gasteiger partial charge in [-0.15, -0.1) is 0 Å². The molecule has 0 radical (unpaired) electrons. The minimum absolute atomic E-state index is 0.338. The fourth-order valence-corrected chi connectivity index (χ4v) is 2.08. The van der Waals surface area contributed by atoms with E-state index in [9.17, 15) is 8.42 Å². The SMILES string of the molecule is O=S(=O)(O)c1c(O)c(O)c(I)c(O)c1O. The Morgan fingerprint density at radius 3 is 1.47 bits per heavy atom. The second-order valence-corrected chi connectivity index (χ2v) is 4.95. The van der Waals surface area contributed by atoms with Crippen LogP contribution in [0.2, 0.25) is 0 Å². The molecule has 0 spiro atoms. The first-order valence-corrected chi connectivity index (χ1v) is 5.82. The van der Waals surface area contributed by atoms with Crippen LogP contribution < -0.4 is 0 Å². The summed E-state index contributed by atoms with van der Waals surface area (Å²) in [4.78, 5) is -1.34. The van der Waals surface area contributed by atoms with E-state index < -0.39 is 38.0 Å². The molecule has 84 valence electrons. The summed E-state index contributed by atoms with van der Waals surface area (Å²) in [6, 6.07) is 0. The van der Waals surface area contributed by atoms with Gasteiger partial charge < -0.3 is 20.4 Å². The third-order valence-electron chi connectivity index (χ3n) is 1.55. The molecule has 0 aliphatic heterocycles. The fourth-order valence-electron chi connectivity index (χ4n) is 0.892. The van der Waals surface area contributed by atoms with Gasteiger partial charge in [0, 0.05) is 0 Å². The summed E-state index contributed by atoms with van der Waals surface area (Å²) < 4.78 is 29.7. The topological polar surface area (TPSA) is 135 Å². The highest BCUT2D eigenvalue weighted by Crippen LogP contribution is 2.48. The summed E-state index contributed by atoms with van der Waals surface area (Å²) in [5, 5.41) is 36.6. The van der Waals surface area contributed by atoms with Crippen molar-refractivity contribution in [3.05, 3.63) is 3.57 Å². The van der Waals surface area contributed by atoms with Crippen LogP contribution in [0.5, 0.6) is 23.0 Å². The number of aromatic hydroxyl groups is 4. The smallest absolute Gasteiger partial charge is 0.302 e. The van der Waals surface area contributed by atoms with E-state index in [4.69, 9.17) is 25.0 Å². The molecule has 5 N–H and O–H groups in total. The van der Waals surface area contributed by atoms with Gasteiger partial charge in [-0.05, 0) is 22.6 Å². The molecule has 0 fully saturated rings. The molecule has 0 aliphatic rings. The molecule has 1 aromatic rings. The second kappa shape index (κ2) is 3.57. The zero-order valence-electron chi connectivity index (χ0n) is 6.84. The number of phenols is 4. The van der Waals surface area contributed by atoms with Crippen molar-refractivity contribution < 1.29 is 33.4 Å². The van der Waals surface area contributed by atoms with Crippen molar-refractivity contribution in [2.24, 2.45) is 0 Å². The number of phenolic OH excluding ortho intramolecular Hbond substituents is 4. The third-order valence-corrected chi connectivity index (χ3v) is 3.48. The van der Waals surface area contributed by atoms with Crippen LogP contribution in [0, 0.1) is 3.57 Å². The Morgan fingerprint density at radius 2 is 1.20 bits per heavy atom. The Kier molecular flexibility index (Phi) is 2.89. The minimum atomic E-state index is -4.95. The number of halogens is 1. The van der Waals surface area contributed by atoms with Crippen LogP contribution in [0.4, 0.5) is 0 Å². The van der Waals surface area contributed by atoms with Gasteiger partial charge in [0.15, 0.2) is 27.9 Å². The zero-order valence-corrected chi connectivity index (χ0v) is 9.81. The quantitative estimate of drug-likeness (QED) is 0.214. The van der Waals surface area contributed by atoms with E-state index in [0.29, 0.717) is 0 Å². The van der Waals surface area contributed by atoms with Crippen LogP contribution in [0.15, 0.2) is 4.90 Å². The Morgan fingerprint density at radius 1 is 0.867 bits per heavy atom. The summed E-state index contributed by atoms with van der Waals surface area (Å²) in [7, 11) is -4.95.